The number of aryl methyl sites for hydroxylation is 1. The zero-order valence-corrected chi connectivity index (χ0v) is 9.35. The average molecular weight is 217 g/mol. The van der Waals surface area contributed by atoms with Gasteiger partial charge in [0.15, 0.2) is 0 Å². The Hall–Kier alpha value is -1.49. The molecular formula is C11H15N5. The summed E-state index contributed by atoms with van der Waals surface area (Å²) in [5.74, 6) is 2.08. The zero-order chi connectivity index (χ0) is 11.0. The van der Waals surface area contributed by atoms with E-state index in [1.54, 1.807) is 4.52 Å². The van der Waals surface area contributed by atoms with Gasteiger partial charge in [0.2, 0.25) is 0 Å². The van der Waals surface area contributed by atoms with E-state index in [1.807, 2.05) is 13.1 Å². The van der Waals surface area contributed by atoms with Crippen LogP contribution < -0.4 is 5.32 Å². The topological polar surface area (TPSA) is 55.1 Å². The fourth-order valence-electron chi connectivity index (χ4n) is 2.27. The van der Waals surface area contributed by atoms with Crippen LogP contribution in [-0.2, 0) is 0 Å². The van der Waals surface area contributed by atoms with E-state index in [4.69, 9.17) is 0 Å². The molecule has 2 aromatic heterocycles. The van der Waals surface area contributed by atoms with Crippen molar-refractivity contribution in [1.82, 2.24) is 24.9 Å². The first-order valence-corrected chi connectivity index (χ1v) is 5.72. The fourth-order valence-corrected chi connectivity index (χ4v) is 2.27. The van der Waals surface area contributed by atoms with E-state index in [0.29, 0.717) is 11.7 Å². The van der Waals surface area contributed by atoms with Crippen LogP contribution in [0.4, 0.5) is 0 Å². The van der Waals surface area contributed by atoms with Crippen molar-refractivity contribution in [2.45, 2.75) is 25.7 Å². The molecule has 0 bridgehead atoms. The number of hydrogen-bond acceptors (Lipinski definition) is 4. The maximum absolute atomic E-state index is 4.35. The van der Waals surface area contributed by atoms with E-state index in [9.17, 15) is 0 Å². The van der Waals surface area contributed by atoms with Crippen LogP contribution in [0.1, 0.15) is 30.1 Å². The largest absolute Gasteiger partial charge is 0.317 e. The Balaban J connectivity index is 1.97. The second-order valence-electron chi connectivity index (χ2n) is 4.32. The Labute approximate surface area is 93.9 Å². The Bertz CT molecular complexity index is 498. The van der Waals surface area contributed by atoms with Crippen LogP contribution in [-0.4, -0.2) is 32.7 Å². The highest BCUT2D eigenvalue weighted by Gasteiger charge is 2.16. The number of hydrogen-bond donors (Lipinski definition) is 1. The fraction of sp³-hybridized carbons (Fsp3) is 0.545. The smallest absolute Gasteiger partial charge is 0.252 e. The molecule has 0 aromatic carbocycles. The van der Waals surface area contributed by atoms with Gasteiger partial charge < -0.3 is 5.32 Å². The van der Waals surface area contributed by atoms with Crippen molar-refractivity contribution in [1.29, 1.82) is 0 Å². The molecule has 1 N–H and O–H groups in total. The molecule has 3 rings (SSSR count). The summed E-state index contributed by atoms with van der Waals surface area (Å²) < 4.78 is 1.78. The van der Waals surface area contributed by atoms with Crippen LogP contribution in [0.25, 0.3) is 5.78 Å². The molecule has 2 aromatic rings. The van der Waals surface area contributed by atoms with Gasteiger partial charge in [-0.1, -0.05) is 0 Å². The third kappa shape index (κ3) is 1.67. The molecule has 16 heavy (non-hydrogen) atoms. The summed E-state index contributed by atoms with van der Waals surface area (Å²) >= 11 is 0. The summed E-state index contributed by atoms with van der Waals surface area (Å²) in [5.41, 5.74) is 1.28. The van der Waals surface area contributed by atoms with Gasteiger partial charge >= 0.3 is 0 Å². The molecule has 1 aliphatic rings. The van der Waals surface area contributed by atoms with Gasteiger partial charge in [-0.2, -0.15) is 10.1 Å². The van der Waals surface area contributed by atoms with Gasteiger partial charge in [-0.3, -0.25) is 0 Å². The predicted molar refractivity (Wildman–Crippen MR) is 60.4 cm³/mol. The number of fused-ring (bicyclic) bond motifs is 1. The van der Waals surface area contributed by atoms with Crippen molar-refractivity contribution >= 4 is 5.78 Å². The first kappa shape index (κ1) is 9.72. The molecule has 5 heteroatoms. The summed E-state index contributed by atoms with van der Waals surface area (Å²) in [7, 11) is 0. The third-order valence-corrected chi connectivity index (χ3v) is 3.13. The normalized spacial score (nSPS) is 18.1. The summed E-state index contributed by atoms with van der Waals surface area (Å²) in [6.07, 6.45) is 6.37. The minimum absolute atomic E-state index is 0.614. The number of piperidine rings is 1. The second-order valence-corrected chi connectivity index (χ2v) is 4.32. The predicted octanol–water partition coefficient (Wildman–Crippen LogP) is 0.900. The number of rotatable bonds is 1. The summed E-state index contributed by atoms with van der Waals surface area (Å²) in [4.78, 5) is 8.57. The van der Waals surface area contributed by atoms with Crippen LogP contribution in [0.15, 0.2) is 12.4 Å². The van der Waals surface area contributed by atoms with E-state index in [2.05, 4.69) is 26.6 Å². The molecule has 1 aliphatic heterocycles. The molecule has 0 unspecified atom stereocenters. The molecule has 1 fully saturated rings. The Morgan fingerprint density at radius 2 is 2.19 bits per heavy atom. The minimum Gasteiger partial charge on any atom is -0.317 e. The van der Waals surface area contributed by atoms with Crippen LogP contribution >= 0.6 is 0 Å². The molecule has 3 heterocycles. The molecule has 0 saturated carbocycles. The van der Waals surface area contributed by atoms with Crippen LogP contribution in [0.2, 0.25) is 0 Å². The molecule has 0 spiro atoms. The summed E-state index contributed by atoms with van der Waals surface area (Å²) in [6.45, 7) is 4.08. The number of nitrogens with zero attached hydrogens (tertiary/aromatic N) is 4. The van der Waals surface area contributed by atoms with E-state index >= 15 is 0 Å². The van der Waals surface area contributed by atoms with Gasteiger partial charge in [0.1, 0.15) is 5.82 Å². The lowest BCUT2D eigenvalue weighted by Crippen LogP contribution is -2.26. The molecule has 84 valence electrons. The van der Waals surface area contributed by atoms with Crippen molar-refractivity contribution in [3.05, 3.63) is 23.8 Å². The first-order valence-electron chi connectivity index (χ1n) is 5.72. The second kappa shape index (κ2) is 3.83. The van der Waals surface area contributed by atoms with Gasteiger partial charge in [0.25, 0.3) is 5.78 Å². The highest BCUT2D eigenvalue weighted by atomic mass is 15.3. The van der Waals surface area contributed by atoms with Crippen molar-refractivity contribution in [2.24, 2.45) is 0 Å². The number of nitrogens with one attached hydrogen (secondary N) is 1. The van der Waals surface area contributed by atoms with Gasteiger partial charge in [0.05, 0.1) is 0 Å². The van der Waals surface area contributed by atoms with Crippen LogP contribution in [0, 0.1) is 6.92 Å². The highest BCUT2D eigenvalue weighted by molar-refractivity contribution is 5.28. The van der Waals surface area contributed by atoms with Crippen molar-refractivity contribution < 1.29 is 0 Å². The van der Waals surface area contributed by atoms with E-state index in [1.165, 1.54) is 18.4 Å². The van der Waals surface area contributed by atoms with Crippen LogP contribution in [0.3, 0.4) is 0 Å². The SMILES string of the molecule is Cc1nc2ncc(C3CCNCC3)cn2n1. The maximum atomic E-state index is 4.35. The standard InChI is InChI=1S/C11H15N5/c1-8-14-11-13-6-10(7-16(11)15-8)9-2-4-12-5-3-9/h6-7,9,12H,2-5H2,1H3. The van der Waals surface area contributed by atoms with Crippen LogP contribution in [0.5, 0.6) is 0 Å². The molecule has 0 radical (unpaired) electrons. The lowest BCUT2D eigenvalue weighted by atomic mass is 9.92. The lowest BCUT2D eigenvalue weighted by Gasteiger charge is -2.22. The van der Waals surface area contributed by atoms with E-state index in [0.717, 1.165) is 18.9 Å². The zero-order valence-electron chi connectivity index (χ0n) is 9.35. The summed E-state index contributed by atoms with van der Waals surface area (Å²) in [6, 6.07) is 0. The van der Waals surface area contributed by atoms with Crippen molar-refractivity contribution in [2.75, 3.05) is 13.1 Å². The maximum Gasteiger partial charge on any atom is 0.252 e. The highest BCUT2D eigenvalue weighted by Crippen LogP contribution is 2.24. The molecule has 0 aliphatic carbocycles. The Kier molecular flexibility index (Phi) is 2.32. The van der Waals surface area contributed by atoms with Gasteiger partial charge in [-0.25, -0.2) is 9.50 Å². The monoisotopic (exact) mass is 217 g/mol. The van der Waals surface area contributed by atoms with E-state index in [-0.39, 0.29) is 0 Å². The molecule has 1 saturated heterocycles. The lowest BCUT2D eigenvalue weighted by molar-refractivity contribution is 0.458. The van der Waals surface area contributed by atoms with Gasteiger partial charge in [-0.15, -0.1) is 0 Å². The number of aromatic nitrogens is 4. The molecule has 0 atom stereocenters. The molecule has 5 nitrogen and oxygen atoms in total. The average Bonchev–Trinajstić information content (AvgIpc) is 2.69. The Morgan fingerprint density at radius 1 is 1.38 bits per heavy atom. The van der Waals surface area contributed by atoms with E-state index < -0.39 is 0 Å². The first-order chi connectivity index (χ1) is 7.83. The van der Waals surface area contributed by atoms with Gasteiger partial charge in [0, 0.05) is 12.4 Å². The minimum atomic E-state index is 0.614. The third-order valence-electron chi connectivity index (χ3n) is 3.13. The van der Waals surface area contributed by atoms with Crippen molar-refractivity contribution in [3.8, 4) is 0 Å². The van der Waals surface area contributed by atoms with Crippen molar-refractivity contribution in [3.63, 3.8) is 0 Å². The summed E-state index contributed by atoms with van der Waals surface area (Å²) in [5, 5.41) is 7.67. The quantitative estimate of drug-likeness (QED) is 0.771. The molecule has 0 amide bonds. The Morgan fingerprint density at radius 3 is 3.00 bits per heavy atom. The molecular weight excluding hydrogens is 202 g/mol. The van der Waals surface area contributed by atoms with Gasteiger partial charge in [-0.05, 0) is 44.3 Å².